The molecule has 0 aromatic carbocycles. The molecule has 0 bridgehead atoms. The van der Waals surface area contributed by atoms with Gasteiger partial charge in [0, 0.05) is 36.7 Å². The van der Waals surface area contributed by atoms with Gasteiger partial charge in [-0.25, -0.2) is 0 Å². The van der Waals surface area contributed by atoms with Crippen LogP contribution in [0.2, 0.25) is 0 Å². The van der Waals surface area contributed by atoms with Gasteiger partial charge >= 0.3 is 0 Å². The lowest BCUT2D eigenvalue weighted by Crippen LogP contribution is -2.49. The van der Waals surface area contributed by atoms with Crippen molar-refractivity contribution >= 4 is 11.8 Å². The molecule has 82 valence electrons. The summed E-state index contributed by atoms with van der Waals surface area (Å²) >= 11 is 2.11. The Morgan fingerprint density at radius 2 is 2.36 bits per heavy atom. The Morgan fingerprint density at radius 1 is 1.43 bits per heavy atom. The molecule has 2 saturated heterocycles. The highest BCUT2D eigenvalue weighted by Crippen LogP contribution is 2.17. The van der Waals surface area contributed by atoms with Crippen molar-refractivity contribution in [3.63, 3.8) is 0 Å². The van der Waals surface area contributed by atoms with Crippen LogP contribution in [0.5, 0.6) is 0 Å². The zero-order chi connectivity index (χ0) is 9.80. The molecule has 2 nitrogen and oxygen atoms in total. The summed E-state index contributed by atoms with van der Waals surface area (Å²) in [5.74, 6) is 2.66. The van der Waals surface area contributed by atoms with E-state index < -0.39 is 0 Å². The molecule has 2 heterocycles. The van der Waals surface area contributed by atoms with Crippen molar-refractivity contribution in [3.8, 4) is 0 Å². The van der Waals surface area contributed by atoms with Crippen molar-refractivity contribution in [3.05, 3.63) is 0 Å². The van der Waals surface area contributed by atoms with Crippen molar-refractivity contribution in [2.75, 3.05) is 31.1 Å². The topological polar surface area (TPSA) is 15.3 Å². The van der Waals surface area contributed by atoms with Crippen LogP contribution in [0.1, 0.15) is 26.2 Å². The minimum Gasteiger partial charge on any atom is -0.313 e. The van der Waals surface area contributed by atoms with E-state index in [0.717, 1.165) is 12.1 Å². The summed E-state index contributed by atoms with van der Waals surface area (Å²) < 4.78 is 0. The first-order chi connectivity index (χ1) is 6.86. The molecule has 0 spiro atoms. The fraction of sp³-hybridized carbons (Fsp3) is 1.00. The zero-order valence-electron chi connectivity index (χ0n) is 9.17. The van der Waals surface area contributed by atoms with Gasteiger partial charge in [-0.1, -0.05) is 6.42 Å². The van der Waals surface area contributed by atoms with Gasteiger partial charge in [0.15, 0.2) is 0 Å². The molecule has 1 N–H and O–H groups in total. The summed E-state index contributed by atoms with van der Waals surface area (Å²) in [5.41, 5.74) is 0. The Balaban J connectivity index is 1.76. The smallest absolute Gasteiger partial charge is 0.0195 e. The lowest BCUT2D eigenvalue weighted by Gasteiger charge is -2.37. The molecule has 0 aromatic rings. The predicted molar refractivity (Wildman–Crippen MR) is 64.0 cm³/mol. The predicted octanol–water partition coefficient (Wildman–Crippen LogP) is 1.57. The van der Waals surface area contributed by atoms with Crippen LogP contribution in [0.15, 0.2) is 0 Å². The van der Waals surface area contributed by atoms with Gasteiger partial charge < -0.3 is 5.32 Å². The number of rotatable bonds is 2. The van der Waals surface area contributed by atoms with Crippen LogP contribution in [0, 0.1) is 0 Å². The minimum absolute atomic E-state index is 0.772. The Hall–Kier alpha value is 0.270. The first-order valence-electron chi connectivity index (χ1n) is 5.91. The van der Waals surface area contributed by atoms with E-state index >= 15 is 0 Å². The molecule has 0 radical (unpaired) electrons. The Labute approximate surface area is 91.8 Å². The van der Waals surface area contributed by atoms with Gasteiger partial charge in [-0.15, -0.1) is 0 Å². The molecule has 3 heteroatoms. The van der Waals surface area contributed by atoms with Crippen LogP contribution in [0.25, 0.3) is 0 Å². The van der Waals surface area contributed by atoms with E-state index in [1.165, 1.54) is 50.4 Å². The molecule has 2 aliphatic heterocycles. The number of hydrogen-bond donors (Lipinski definition) is 1. The third-order valence-corrected chi connectivity index (χ3v) is 4.56. The summed E-state index contributed by atoms with van der Waals surface area (Å²) in [6, 6.07) is 1.56. The standard InChI is InChI=1S/C11H22N2S/c1-10-9-14-7-6-13(10)8-11-4-2-3-5-12-11/h10-12H,2-9H2,1H3. The van der Waals surface area contributed by atoms with Gasteiger partial charge in [-0.3, -0.25) is 4.90 Å². The lowest BCUT2D eigenvalue weighted by atomic mass is 10.0. The van der Waals surface area contributed by atoms with E-state index in [9.17, 15) is 0 Å². The average Bonchev–Trinajstić information content (AvgIpc) is 2.23. The van der Waals surface area contributed by atoms with Crippen molar-refractivity contribution < 1.29 is 0 Å². The van der Waals surface area contributed by atoms with Crippen LogP contribution in [0.3, 0.4) is 0 Å². The molecule has 0 aliphatic carbocycles. The second kappa shape index (κ2) is 5.38. The molecule has 0 amide bonds. The number of hydrogen-bond acceptors (Lipinski definition) is 3. The van der Waals surface area contributed by atoms with Gasteiger partial charge in [0.05, 0.1) is 0 Å². The molecule has 2 atom stereocenters. The summed E-state index contributed by atoms with van der Waals surface area (Å²) in [4.78, 5) is 2.67. The maximum atomic E-state index is 3.64. The van der Waals surface area contributed by atoms with Crippen molar-refractivity contribution in [1.29, 1.82) is 0 Å². The first kappa shape index (κ1) is 10.8. The number of thioether (sulfide) groups is 1. The number of nitrogens with zero attached hydrogens (tertiary/aromatic N) is 1. The van der Waals surface area contributed by atoms with Gasteiger partial charge in [0.25, 0.3) is 0 Å². The quantitative estimate of drug-likeness (QED) is 0.751. The van der Waals surface area contributed by atoms with Crippen molar-refractivity contribution in [2.24, 2.45) is 0 Å². The van der Waals surface area contributed by atoms with Crippen LogP contribution in [0.4, 0.5) is 0 Å². The largest absolute Gasteiger partial charge is 0.313 e. The average molecular weight is 214 g/mol. The van der Waals surface area contributed by atoms with E-state index in [0.29, 0.717) is 0 Å². The highest BCUT2D eigenvalue weighted by atomic mass is 32.2. The van der Waals surface area contributed by atoms with Crippen molar-refractivity contribution in [1.82, 2.24) is 10.2 Å². The molecule has 14 heavy (non-hydrogen) atoms. The second-order valence-corrected chi connectivity index (χ2v) is 5.72. The van der Waals surface area contributed by atoms with Crippen LogP contribution < -0.4 is 5.32 Å². The number of piperidine rings is 1. The highest BCUT2D eigenvalue weighted by molar-refractivity contribution is 7.99. The fourth-order valence-corrected chi connectivity index (χ4v) is 3.48. The van der Waals surface area contributed by atoms with Gasteiger partial charge in [0.2, 0.25) is 0 Å². The zero-order valence-corrected chi connectivity index (χ0v) is 9.98. The van der Waals surface area contributed by atoms with Crippen LogP contribution in [-0.2, 0) is 0 Å². The molecule has 2 aliphatic rings. The van der Waals surface area contributed by atoms with Crippen LogP contribution >= 0.6 is 11.8 Å². The van der Waals surface area contributed by atoms with Gasteiger partial charge in [-0.2, -0.15) is 11.8 Å². The Kier molecular flexibility index (Phi) is 4.14. The van der Waals surface area contributed by atoms with Gasteiger partial charge in [0.1, 0.15) is 0 Å². The van der Waals surface area contributed by atoms with E-state index in [4.69, 9.17) is 0 Å². The number of nitrogens with one attached hydrogen (secondary N) is 1. The molecule has 0 aromatic heterocycles. The summed E-state index contributed by atoms with van der Waals surface area (Å²) in [6.45, 7) is 6.18. The Morgan fingerprint density at radius 3 is 3.07 bits per heavy atom. The minimum atomic E-state index is 0.772. The maximum Gasteiger partial charge on any atom is 0.0195 e. The van der Waals surface area contributed by atoms with E-state index in [2.05, 4.69) is 28.9 Å². The molecule has 2 unspecified atom stereocenters. The molecular formula is C11H22N2S. The summed E-state index contributed by atoms with van der Waals surface area (Å²) in [6.07, 6.45) is 4.19. The monoisotopic (exact) mass is 214 g/mol. The second-order valence-electron chi connectivity index (χ2n) is 4.57. The van der Waals surface area contributed by atoms with E-state index in [1.807, 2.05) is 0 Å². The highest BCUT2D eigenvalue weighted by Gasteiger charge is 2.22. The molecule has 2 rings (SSSR count). The molecule has 2 fully saturated rings. The third kappa shape index (κ3) is 2.88. The van der Waals surface area contributed by atoms with Crippen LogP contribution in [-0.4, -0.2) is 48.1 Å². The third-order valence-electron chi connectivity index (χ3n) is 3.37. The normalized spacial score (nSPS) is 35.8. The summed E-state index contributed by atoms with van der Waals surface area (Å²) in [7, 11) is 0. The molecule has 0 saturated carbocycles. The Bertz CT molecular complexity index is 169. The van der Waals surface area contributed by atoms with E-state index in [-0.39, 0.29) is 0 Å². The lowest BCUT2D eigenvalue weighted by molar-refractivity contribution is 0.193. The van der Waals surface area contributed by atoms with Gasteiger partial charge in [-0.05, 0) is 26.3 Å². The summed E-state index contributed by atoms with van der Waals surface area (Å²) in [5, 5.41) is 3.64. The first-order valence-corrected chi connectivity index (χ1v) is 7.07. The van der Waals surface area contributed by atoms with Crippen molar-refractivity contribution in [2.45, 2.75) is 38.3 Å². The fourth-order valence-electron chi connectivity index (χ4n) is 2.40. The molecular weight excluding hydrogens is 192 g/mol. The maximum absolute atomic E-state index is 3.64. The van der Waals surface area contributed by atoms with E-state index in [1.54, 1.807) is 0 Å². The SMILES string of the molecule is CC1CSCCN1CC1CCCCN1.